The van der Waals surface area contributed by atoms with Crippen LogP contribution in [0.2, 0.25) is 0 Å². The largest absolute Gasteiger partial charge is 0.497 e. The molecule has 0 radical (unpaired) electrons. The number of rotatable bonds is 9. The van der Waals surface area contributed by atoms with Crippen molar-refractivity contribution in [3.8, 4) is 22.8 Å². The number of methoxy groups -OCH3 is 1. The van der Waals surface area contributed by atoms with Gasteiger partial charge in [-0.2, -0.15) is 0 Å². The van der Waals surface area contributed by atoms with Gasteiger partial charge in [0, 0.05) is 11.5 Å². The molecule has 1 aromatic heterocycles. The van der Waals surface area contributed by atoms with Gasteiger partial charge in [-0.15, -0.1) is 0 Å². The molecule has 0 aliphatic carbocycles. The second kappa shape index (κ2) is 9.22. The average molecular weight is 379 g/mol. The van der Waals surface area contributed by atoms with E-state index < -0.39 is 5.97 Å². The lowest BCUT2D eigenvalue weighted by Crippen LogP contribution is -2.09. The molecule has 1 heterocycles. The van der Waals surface area contributed by atoms with Crippen molar-refractivity contribution in [1.29, 1.82) is 0 Å². The SMILES string of the molecule is COc1ccc(-c2cc(OCCCCC(C)C(=O)O)nc3ccccc23)cc1. The third-order valence-corrected chi connectivity index (χ3v) is 4.80. The van der Waals surface area contributed by atoms with Crippen molar-refractivity contribution in [1.82, 2.24) is 4.98 Å². The molecular formula is C23H25NO4. The number of hydrogen-bond donors (Lipinski definition) is 1. The molecule has 3 rings (SSSR count). The topological polar surface area (TPSA) is 68.7 Å². The van der Waals surface area contributed by atoms with E-state index in [4.69, 9.17) is 14.6 Å². The summed E-state index contributed by atoms with van der Waals surface area (Å²) >= 11 is 0. The molecule has 0 fully saturated rings. The highest BCUT2D eigenvalue weighted by Crippen LogP contribution is 2.32. The Morgan fingerprint density at radius 2 is 1.86 bits per heavy atom. The van der Waals surface area contributed by atoms with Crippen LogP contribution in [0.4, 0.5) is 0 Å². The first-order valence-corrected chi connectivity index (χ1v) is 9.48. The highest BCUT2D eigenvalue weighted by Gasteiger charge is 2.11. The zero-order valence-electron chi connectivity index (χ0n) is 16.2. The second-order valence-electron chi connectivity index (χ2n) is 6.84. The fraction of sp³-hybridized carbons (Fsp3) is 0.304. The molecule has 5 heteroatoms. The molecule has 0 amide bonds. The molecule has 1 N–H and O–H groups in total. The first kappa shape index (κ1) is 19.7. The average Bonchev–Trinajstić information content (AvgIpc) is 2.72. The first-order valence-electron chi connectivity index (χ1n) is 9.48. The molecule has 0 saturated heterocycles. The van der Waals surface area contributed by atoms with Crippen LogP contribution in [0.5, 0.6) is 11.6 Å². The maximum absolute atomic E-state index is 10.9. The Morgan fingerprint density at radius 1 is 1.11 bits per heavy atom. The zero-order valence-corrected chi connectivity index (χ0v) is 16.2. The summed E-state index contributed by atoms with van der Waals surface area (Å²) in [5, 5.41) is 10.0. The fourth-order valence-corrected chi connectivity index (χ4v) is 3.09. The molecule has 0 saturated carbocycles. The van der Waals surface area contributed by atoms with Gasteiger partial charge in [0.2, 0.25) is 5.88 Å². The number of benzene rings is 2. The Morgan fingerprint density at radius 3 is 2.57 bits per heavy atom. The minimum absolute atomic E-state index is 0.319. The van der Waals surface area contributed by atoms with Gasteiger partial charge in [0.1, 0.15) is 5.75 Å². The van der Waals surface area contributed by atoms with Crippen molar-refractivity contribution in [3.63, 3.8) is 0 Å². The maximum Gasteiger partial charge on any atom is 0.306 e. The van der Waals surface area contributed by atoms with Crippen LogP contribution in [0.25, 0.3) is 22.0 Å². The lowest BCUT2D eigenvalue weighted by molar-refractivity contribution is -0.141. The normalized spacial score (nSPS) is 11.9. The van der Waals surface area contributed by atoms with Crippen LogP contribution >= 0.6 is 0 Å². The van der Waals surface area contributed by atoms with E-state index in [1.807, 2.05) is 48.5 Å². The van der Waals surface area contributed by atoms with E-state index in [9.17, 15) is 4.79 Å². The minimum Gasteiger partial charge on any atom is -0.497 e. The van der Waals surface area contributed by atoms with E-state index in [-0.39, 0.29) is 5.92 Å². The molecule has 5 nitrogen and oxygen atoms in total. The number of nitrogens with zero attached hydrogens (tertiary/aromatic N) is 1. The van der Waals surface area contributed by atoms with E-state index in [0.29, 0.717) is 18.9 Å². The lowest BCUT2D eigenvalue weighted by atomic mass is 10.0. The molecule has 0 aliphatic rings. The Labute approximate surface area is 164 Å². The number of aliphatic carboxylic acids is 1. The van der Waals surface area contributed by atoms with Crippen molar-refractivity contribution in [2.75, 3.05) is 13.7 Å². The van der Waals surface area contributed by atoms with Crippen molar-refractivity contribution >= 4 is 16.9 Å². The summed E-state index contributed by atoms with van der Waals surface area (Å²) in [7, 11) is 1.65. The van der Waals surface area contributed by atoms with Gasteiger partial charge in [-0.25, -0.2) is 4.98 Å². The Hall–Kier alpha value is -3.08. The van der Waals surface area contributed by atoms with Crippen molar-refractivity contribution in [3.05, 3.63) is 54.6 Å². The zero-order chi connectivity index (χ0) is 19.9. The lowest BCUT2D eigenvalue weighted by Gasteiger charge is -2.12. The molecular weight excluding hydrogens is 354 g/mol. The molecule has 146 valence electrons. The highest BCUT2D eigenvalue weighted by atomic mass is 16.5. The smallest absolute Gasteiger partial charge is 0.306 e. The van der Waals surface area contributed by atoms with Gasteiger partial charge in [0.15, 0.2) is 0 Å². The number of para-hydroxylation sites is 1. The summed E-state index contributed by atoms with van der Waals surface area (Å²) in [6.07, 6.45) is 2.26. The maximum atomic E-state index is 10.9. The summed E-state index contributed by atoms with van der Waals surface area (Å²) in [4.78, 5) is 15.5. The van der Waals surface area contributed by atoms with Crippen LogP contribution < -0.4 is 9.47 Å². The van der Waals surface area contributed by atoms with E-state index >= 15 is 0 Å². The van der Waals surface area contributed by atoms with Gasteiger partial charge in [-0.05, 0) is 48.6 Å². The summed E-state index contributed by atoms with van der Waals surface area (Å²) < 4.78 is 11.1. The van der Waals surface area contributed by atoms with Crippen molar-refractivity contribution in [2.45, 2.75) is 26.2 Å². The highest BCUT2D eigenvalue weighted by molar-refractivity contribution is 5.95. The van der Waals surface area contributed by atoms with Gasteiger partial charge in [0.25, 0.3) is 0 Å². The standard InChI is InChI=1S/C23H25NO4/c1-16(23(25)26)7-5-6-14-28-22-15-20(17-10-12-18(27-2)13-11-17)19-8-3-4-9-21(19)24-22/h3-4,8-13,15-16H,5-7,14H2,1-2H3,(H,25,26). The Bertz CT molecular complexity index is 937. The number of aromatic nitrogens is 1. The number of fused-ring (bicyclic) bond motifs is 1. The molecule has 0 bridgehead atoms. The van der Waals surface area contributed by atoms with Crippen LogP contribution in [0.1, 0.15) is 26.2 Å². The molecule has 0 aliphatic heterocycles. The number of pyridine rings is 1. The molecule has 3 aromatic rings. The monoisotopic (exact) mass is 379 g/mol. The van der Waals surface area contributed by atoms with E-state index in [1.165, 1.54) is 0 Å². The van der Waals surface area contributed by atoms with Gasteiger partial charge >= 0.3 is 5.97 Å². The van der Waals surface area contributed by atoms with Crippen LogP contribution in [-0.4, -0.2) is 29.8 Å². The van der Waals surface area contributed by atoms with Gasteiger partial charge < -0.3 is 14.6 Å². The van der Waals surface area contributed by atoms with Crippen LogP contribution in [0, 0.1) is 5.92 Å². The quantitative estimate of drug-likeness (QED) is 0.519. The predicted octanol–water partition coefficient (Wildman–Crippen LogP) is 5.18. The van der Waals surface area contributed by atoms with Crippen LogP contribution in [0.15, 0.2) is 54.6 Å². The number of carboxylic acid groups (broad SMARTS) is 1. The van der Waals surface area contributed by atoms with Gasteiger partial charge in [0.05, 0.1) is 25.2 Å². The Kier molecular flexibility index (Phi) is 6.48. The number of carboxylic acids is 1. The second-order valence-corrected chi connectivity index (χ2v) is 6.84. The van der Waals surface area contributed by atoms with Gasteiger partial charge in [-0.3, -0.25) is 4.79 Å². The predicted molar refractivity (Wildman–Crippen MR) is 110 cm³/mol. The molecule has 0 spiro atoms. The molecule has 1 atom stereocenters. The number of hydrogen-bond acceptors (Lipinski definition) is 4. The third-order valence-electron chi connectivity index (χ3n) is 4.80. The fourth-order valence-electron chi connectivity index (χ4n) is 3.09. The number of carbonyl (C=O) groups is 1. The van der Waals surface area contributed by atoms with Crippen molar-refractivity contribution in [2.24, 2.45) is 5.92 Å². The third kappa shape index (κ3) is 4.80. The summed E-state index contributed by atoms with van der Waals surface area (Å²) in [5.41, 5.74) is 3.01. The minimum atomic E-state index is -0.749. The molecule has 1 unspecified atom stereocenters. The number of ether oxygens (including phenoxy) is 2. The Balaban J connectivity index is 1.75. The van der Waals surface area contributed by atoms with E-state index in [0.717, 1.165) is 40.6 Å². The van der Waals surface area contributed by atoms with Gasteiger partial charge in [-0.1, -0.05) is 37.3 Å². The summed E-state index contributed by atoms with van der Waals surface area (Å²) in [5.74, 6) is 0.326. The first-order chi connectivity index (χ1) is 13.6. The summed E-state index contributed by atoms with van der Waals surface area (Å²) in [6, 6.07) is 17.9. The van der Waals surface area contributed by atoms with E-state index in [1.54, 1.807) is 14.0 Å². The molecule has 2 aromatic carbocycles. The number of unbranched alkanes of at least 4 members (excludes halogenated alkanes) is 1. The summed E-state index contributed by atoms with van der Waals surface area (Å²) in [6.45, 7) is 2.24. The van der Waals surface area contributed by atoms with Crippen LogP contribution in [-0.2, 0) is 4.79 Å². The van der Waals surface area contributed by atoms with Crippen LogP contribution in [0.3, 0.4) is 0 Å². The van der Waals surface area contributed by atoms with Crippen molar-refractivity contribution < 1.29 is 19.4 Å². The van der Waals surface area contributed by atoms with E-state index in [2.05, 4.69) is 11.1 Å². The molecule has 28 heavy (non-hydrogen) atoms.